The minimum Gasteiger partial charge on any atom is -0.494 e. The van der Waals surface area contributed by atoms with Crippen LogP contribution in [0.2, 0.25) is 0 Å². The molecule has 29 heavy (non-hydrogen) atoms. The van der Waals surface area contributed by atoms with Crippen LogP contribution in [-0.2, 0) is 0 Å². The van der Waals surface area contributed by atoms with Crippen LogP contribution in [0, 0.1) is 25.5 Å². The van der Waals surface area contributed by atoms with Crippen LogP contribution in [0.3, 0.4) is 0 Å². The average Bonchev–Trinajstić information content (AvgIpc) is 2.70. The van der Waals surface area contributed by atoms with Crippen LogP contribution in [-0.4, -0.2) is 12.9 Å². The molecule has 3 aromatic carbocycles. The zero-order valence-electron chi connectivity index (χ0n) is 16.6. The van der Waals surface area contributed by atoms with Gasteiger partial charge in [-0.3, -0.25) is 4.79 Å². The highest BCUT2D eigenvalue weighted by Gasteiger charge is 2.17. The molecule has 1 atom stereocenters. The van der Waals surface area contributed by atoms with Crippen molar-refractivity contribution in [2.24, 2.45) is 0 Å². The number of aldehydes is 1. The van der Waals surface area contributed by atoms with Crippen molar-refractivity contribution in [3.63, 3.8) is 0 Å². The van der Waals surface area contributed by atoms with Crippen molar-refractivity contribution in [2.75, 3.05) is 6.61 Å². The van der Waals surface area contributed by atoms with Crippen molar-refractivity contribution in [1.82, 2.24) is 0 Å². The van der Waals surface area contributed by atoms with Crippen molar-refractivity contribution >= 4 is 6.29 Å². The molecule has 0 aliphatic heterocycles. The first-order valence-electron chi connectivity index (χ1n) is 9.67. The van der Waals surface area contributed by atoms with Crippen LogP contribution < -0.4 is 4.74 Å². The quantitative estimate of drug-likeness (QED) is 0.327. The van der Waals surface area contributed by atoms with E-state index >= 15 is 0 Å². The van der Waals surface area contributed by atoms with Gasteiger partial charge in [0.05, 0.1) is 6.61 Å². The third kappa shape index (κ3) is 5.50. The van der Waals surface area contributed by atoms with E-state index in [1.807, 2.05) is 26.0 Å². The Morgan fingerprint density at radius 2 is 1.55 bits per heavy atom. The lowest BCUT2D eigenvalue weighted by Crippen LogP contribution is -2.06. The van der Waals surface area contributed by atoms with Crippen LogP contribution in [0.4, 0.5) is 8.78 Å². The molecule has 0 saturated heterocycles. The molecule has 150 valence electrons. The fourth-order valence-corrected chi connectivity index (χ4v) is 3.40. The number of carbonyl (C=O) groups is 1. The number of benzene rings is 3. The van der Waals surface area contributed by atoms with E-state index in [9.17, 15) is 13.6 Å². The van der Waals surface area contributed by atoms with E-state index in [0.29, 0.717) is 36.3 Å². The molecule has 0 amide bonds. The van der Waals surface area contributed by atoms with Gasteiger partial charge in [-0.1, -0.05) is 18.2 Å². The Labute approximate surface area is 170 Å². The van der Waals surface area contributed by atoms with Crippen molar-refractivity contribution in [3.05, 3.63) is 100 Å². The Morgan fingerprint density at radius 3 is 2.17 bits per heavy atom. The van der Waals surface area contributed by atoms with Crippen molar-refractivity contribution in [2.45, 2.75) is 32.6 Å². The van der Waals surface area contributed by atoms with Crippen LogP contribution in [0.15, 0.2) is 60.7 Å². The van der Waals surface area contributed by atoms with Crippen molar-refractivity contribution in [3.8, 4) is 5.75 Å². The van der Waals surface area contributed by atoms with Gasteiger partial charge in [0.15, 0.2) is 0 Å². The fourth-order valence-electron chi connectivity index (χ4n) is 3.40. The number of aryl methyl sites for hydroxylation is 2. The summed E-state index contributed by atoms with van der Waals surface area (Å²) in [5.74, 6) is -0.573. The minimum absolute atomic E-state index is 0.125. The second-order valence-electron chi connectivity index (χ2n) is 7.28. The molecule has 3 rings (SSSR count). The van der Waals surface area contributed by atoms with Crippen LogP contribution >= 0.6 is 0 Å². The SMILES string of the molecule is Cc1ccc(C(CCCOc2ccc(C=O)cc2)c2cc(F)cc(F)c2)cc1C. The van der Waals surface area contributed by atoms with Crippen LogP contribution in [0.5, 0.6) is 5.75 Å². The summed E-state index contributed by atoms with van der Waals surface area (Å²) in [5, 5.41) is 0. The lowest BCUT2D eigenvalue weighted by molar-refractivity contribution is 0.112. The van der Waals surface area contributed by atoms with Crippen LogP contribution in [0.1, 0.15) is 51.4 Å². The normalized spacial score (nSPS) is 11.9. The molecule has 0 bridgehead atoms. The molecule has 0 radical (unpaired) electrons. The lowest BCUT2D eigenvalue weighted by atomic mass is 9.86. The van der Waals surface area contributed by atoms with Gasteiger partial charge in [0.25, 0.3) is 0 Å². The van der Waals surface area contributed by atoms with Crippen molar-refractivity contribution < 1.29 is 18.3 Å². The highest BCUT2D eigenvalue weighted by Crippen LogP contribution is 2.31. The van der Waals surface area contributed by atoms with Gasteiger partial charge in [-0.2, -0.15) is 0 Å². The van der Waals surface area contributed by atoms with Gasteiger partial charge in [0, 0.05) is 17.5 Å². The molecule has 1 unspecified atom stereocenters. The molecule has 0 aromatic heterocycles. The summed E-state index contributed by atoms with van der Waals surface area (Å²) >= 11 is 0. The molecule has 3 aromatic rings. The van der Waals surface area contributed by atoms with Gasteiger partial charge >= 0.3 is 0 Å². The van der Waals surface area contributed by atoms with Crippen molar-refractivity contribution in [1.29, 1.82) is 0 Å². The summed E-state index contributed by atoms with van der Waals surface area (Å²) in [6.07, 6.45) is 2.19. The Balaban J connectivity index is 1.74. The third-order valence-corrected chi connectivity index (χ3v) is 5.14. The third-order valence-electron chi connectivity index (χ3n) is 5.14. The van der Waals surface area contributed by atoms with Crippen LogP contribution in [0.25, 0.3) is 0 Å². The molecule has 0 saturated carbocycles. The number of hydrogen-bond acceptors (Lipinski definition) is 2. The number of rotatable bonds is 8. The largest absolute Gasteiger partial charge is 0.494 e. The molecule has 0 heterocycles. The summed E-state index contributed by atoms with van der Waals surface area (Å²) in [4.78, 5) is 10.7. The van der Waals surface area contributed by atoms with E-state index < -0.39 is 11.6 Å². The Hall–Kier alpha value is -3.01. The van der Waals surface area contributed by atoms with E-state index in [-0.39, 0.29) is 5.92 Å². The van der Waals surface area contributed by atoms with Gasteiger partial charge in [-0.15, -0.1) is 0 Å². The second kappa shape index (κ2) is 9.46. The number of halogens is 2. The molecule has 0 N–H and O–H groups in total. The summed E-state index contributed by atoms with van der Waals surface area (Å²) < 4.78 is 33.4. The highest BCUT2D eigenvalue weighted by atomic mass is 19.1. The molecule has 0 aliphatic carbocycles. The first-order chi connectivity index (χ1) is 14.0. The molecule has 0 spiro atoms. The summed E-state index contributed by atoms with van der Waals surface area (Å²) in [7, 11) is 0. The monoisotopic (exact) mass is 394 g/mol. The highest BCUT2D eigenvalue weighted by molar-refractivity contribution is 5.74. The predicted octanol–water partition coefficient (Wildman–Crippen LogP) is 6.39. The second-order valence-corrected chi connectivity index (χ2v) is 7.28. The number of carbonyl (C=O) groups excluding carboxylic acids is 1. The van der Waals surface area contributed by atoms with Gasteiger partial charge in [-0.05, 0) is 85.3 Å². The van der Waals surface area contributed by atoms with Gasteiger partial charge < -0.3 is 4.74 Å². The van der Waals surface area contributed by atoms with Gasteiger partial charge in [-0.25, -0.2) is 8.78 Å². The molecule has 0 fully saturated rings. The van der Waals surface area contributed by atoms with E-state index in [0.717, 1.165) is 23.5 Å². The summed E-state index contributed by atoms with van der Waals surface area (Å²) in [6.45, 7) is 4.55. The standard InChI is InChI=1S/C25H24F2O2/c1-17-5-8-20(12-18(17)2)25(21-13-22(26)15-23(27)14-21)4-3-11-29-24-9-6-19(16-28)7-10-24/h5-10,12-16,25H,3-4,11H2,1-2H3. The smallest absolute Gasteiger partial charge is 0.150 e. The maximum absolute atomic E-state index is 13.8. The van der Waals surface area contributed by atoms with Gasteiger partial charge in [0.2, 0.25) is 0 Å². The Kier molecular flexibility index (Phi) is 6.76. The molecular weight excluding hydrogens is 370 g/mol. The minimum atomic E-state index is -0.569. The predicted molar refractivity (Wildman–Crippen MR) is 111 cm³/mol. The van der Waals surface area contributed by atoms with E-state index in [1.165, 1.54) is 17.7 Å². The summed E-state index contributed by atoms with van der Waals surface area (Å²) in [5.41, 5.74) is 4.59. The molecule has 2 nitrogen and oxygen atoms in total. The van der Waals surface area contributed by atoms with E-state index in [4.69, 9.17) is 4.74 Å². The fraction of sp³-hybridized carbons (Fsp3) is 0.240. The lowest BCUT2D eigenvalue weighted by Gasteiger charge is -2.20. The first kappa shape index (κ1) is 20.7. The Bertz CT molecular complexity index is 960. The van der Waals surface area contributed by atoms with E-state index in [2.05, 4.69) is 6.07 Å². The molecule has 4 heteroatoms. The molecule has 0 aliphatic rings. The number of ether oxygens (including phenoxy) is 1. The zero-order chi connectivity index (χ0) is 20.8. The molecular formula is C25H24F2O2. The van der Waals surface area contributed by atoms with Gasteiger partial charge in [0.1, 0.15) is 23.7 Å². The van der Waals surface area contributed by atoms with E-state index in [1.54, 1.807) is 24.3 Å². The first-order valence-corrected chi connectivity index (χ1v) is 9.67. The maximum atomic E-state index is 13.8. The zero-order valence-corrected chi connectivity index (χ0v) is 16.6. The summed E-state index contributed by atoms with van der Waals surface area (Å²) in [6, 6.07) is 16.8. The topological polar surface area (TPSA) is 26.3 Å². The Morgan fingerprint density at radius 1 is 0.862 bits per heavy atom. The maximum Gasteiger partial charge on any atom is 0.150 e. The number of hydrogen-bond donors (Lipinski definition) is 0. The average molecular weight is 394 g/mol.